The maximum atomic E-state index is 13.1. The number of carbonyl (C=O) groups is 2. The van der Waals surface area contributed by atoms with Crippen LogP contribution in [0.1, 0.15) is 20.7 Å². The van der Waals surface area contributed by atoms with E-state index in [1.54, 1.807) is 12.1 Å². The maximum absolute atomic E-state index is 13.1. The summed E-state index contributed by atoms with van der Waals surface area (Å²) in [7, 11) is 0. The van der Waals surface area contributed by atoms with E-state index in [0.29, 0.717) is 0 Å². The Kier molecular flexibility index (Phi) is 5.20. The van der Waals surface area contributed by atoms with E-state index in [4.69, 9.17) is 0 Å². The van der Waals surface area contributed by atoms with Crippen molar-refractivity contribution in [1.82, 2.24) is 0 Å². The van der Waals surface area contributed by atoms with Crippen molar-refractivity contribution in [2.75, 3.05) is 0 Å². The second kappa shape index (κ2) is 7.17. The first-order chi connectivity index (χ1) is 13.2. The zero-order valence-electron chi connectivity index (χ0n) is 14.6. The third-order valence-corrected chi connectivity index (χ3v) is 5.20. The Morgan fingerprint density at radius 2 is 0.893 bits per heavy atom. The van der Waals surface area contributed by atoms with Gasteiger partial charge in [0.1, 0.15) is 24.4 Å². The summed E-state index contributed by atoms with van der Waals surface area (Å²) in [5.41, 5.74) is -7.03. The van der Waals surface area contributed by atoms with Crippen molar-refractivity contribution in [2.24, 2.45) is 0 Å². The van der Waals surface area contributed by atoms with E-state index in [2.05, 4.69) is 0 Å². The van der Waals surface area contributed by atoms with Gasteiger partial charge in [-0.1, -0.05) is 60.7 Å². The lowest BCUT2D eigenvalue weighted by molar-refractivity contribution is -0.274. The second-order valence-electron chi connectivity index (χ2n) is 6.79. The number of rotatable bonds is 4. The van der Waals surface area contributed by atoms with Gasteiger partial charge in [0.2, 0.25) is 11.6 Å². The lowest BCUT2D eigenvalue weighted by atomic mass is 9.60. The first kappa shape index (κ1) is 20.3. The van der Waals surface area contributed by atoms with Crippen LogP contribution in [0.3, 0.4) is 0 Å². The van der Waals surface area contributed by atoms with E-state index in [9.17, 15) is 40.2 Å². The Morgan fingerprint density at radius 3 is 1.18 bits per heavy atom. The van der Waals surface area contributed by atoms with Crippen molar-refractivity contribution in [3.8, 4) is 0 Å². The van der Waals surface area contributed by atoms with Crippen LogP contribution in [0.4, 0.5) is 0 Å². The summed E-state index contributed by atoms with van der Waals surface area (Å²) in [5.74, 6) is -2.59. The van der Waals surface area contributed by atoms with Crippen LogP contribution < -0.4 is 0 Å². The highest BCUT2D eigenvalue weighted by molar-refractivity contribution is 6.13. The first-order valence-electron chi connectivity index (χ1n) is 8.54. The Morgan fingerprint density at radius 1 is 0.607 bits per heavy atom. The van der Waals surface area contributed by atoms with Crippen molar-refractivity contribution in [1.29, 1.82) is 0 Å². The molecule has 0 heterocycles. The summed E-state index contributed by atoms with van der Waals surface area (Å²) in [6.45, 7) is 0. The lowest BCUT2D eigenvalue weighted by Gasteiger charge is -2.53. The Balaban J connectivity index is 2.22. The molecule has 1 aliphatic carbocycles. The highest BCUT2D eigenvalue weighted by atomic mass is 16.4. The highest BCUT2D eigenvalue weighted by Crippen LogP contribution is 2.42. The maximum Gasteiger partial charge on any atom is 0.200 e. The van der Waals surface area contributed by atoms with Gasteiger partial charge >= 0.3 is 0 Å². The van der Waals surface area contributed by atoms with Gasteiger partial charge in [-0.25, -0.2) is 0 Å². The molecule has 8 heteroatoms. The second-order valence-corrected chi connectivity index (χ2v) is 6.79. The number of ketones is 2. The molecule has 2 aromatic rings. The standard InChI is InChI=1S/C20H20O8/c21-13-14(22)18(26)20(28,16(24)12-9-5-2-6-10-12)19(27,17(13)25)15(23)11-7-3-1-4-8-11/h1-10,13-14,17-18,21-22,25-28H/t13-,14-,17-,18-,19-,20+/m0/s1. The van der Waals surface area contributed by atoms with Gasteiger partial charge in [-0.15, -0.1) is 0 Å². The minimum atomic E-state index is -3.33. The van der Waals surface area contributed by atoms with E-state index < -0.39 is 47.2 Å². The molecule has 0 saturated heterocycles. The van der Waals surface area contributed by atoms with Crippen LogP contribution in [-0.4, -0.2) is 77.8 Å². The molecule has 1 fully saturated rings. The molecule has 0 aromatic heterocycles. The lowest BCUT2D eigenvalue weighted by Crippen LogP contribution is -2.82. The predicted octanol–water partition coefficient (Wildman–Crippen LogP) is -1.33. The Labute approximate surface area is 159 Å². The highest BCUT2D eigenvalue weighted by Gasteiger charge is 2.73. The average Bonchev–Trinajstić information content (AvgIpc) is 2.75. The van der Waals surface area contributed by atoms with Crippen molar-refractivity contribution in [2.45, 2.75) is 35.6 Å². The van der Waals surface area contributed by atoms with E-state index >= 15 is 0 Å². The largest absolute Gasteiger partial charge is 0.387 e. The van der Waals surface area contributed by atoms with Crippen molar-refractivity contribution in [3.63, 3.8) is 0 Å². The summed E-state index contributed by atoms with van der Waals surface area (Å²) in [5, 5.41) is 63.3. The topological polar surface area (TPSA) is 156 Å². The van der Waals surface area contributed by atoms with Crippen molar-refractivity contribution in [3.05, 3.63) is 71.8 Å². The van der Waals surface area contributed by atoms with Crippen LogP contribution in [0, 0.1) is 0 Å². The quantitative estimate of drug-likeness (QED) is 0.352. The minimum absolute atomic E-state index is 0.181. The third-order valence-electron chi connectivity index (χ3n) is 5.20. The predicted molar refractivity (Wildman–Crippen MR) is 95.5 cm³/mol. The molecule has 3 rings (SSSR count). The Bertz CT molecular complexity index is 797. The summed E-state index contributed by atoms with van der Waals surface area (Å²) in [6, 6.07) is 14.0. The molecule has 0 radical (unpaired) electrons. The average molecular weight is 388 g/mol. The third kappa shape index (κ3) is 2.70. The number of benzene rings is 2. The normalized spacial score (nSPS) is 35.4. The number of Topliss-reactive ketones (excluding diaryl/α,β-unsaturated/α-hetero) is 2. The van der Waals surface area contributed by atoms with Crippen LogP contribution in [0.15, 0.2) is 60.7 Å². The summed E-state index contributed by atoms with van der Waals surface area (Å²) >= 11 is 0. The number of hydrogen-bond acceptors (Lipinski definition) is 8. The molecule has 0 amide bonds. The van der Waals surface area contributed by atoms with Gasteiger partial charge in [0, 0.05) is 11.1 Å². The van der Waals surface area contributed by atoms with Crippen LogP contribution in [-0.2, 0) is 0 Å². The minimum Gasteiger partial charge on any atom is -0.387 e. The SMILES string of the molecule is O=C(c1ccccc1)[C@@]1(O)[C@@H](O)[C@@H](O)[C@H](O)[C@H](O)[C@@]1(O)C(=O)c1ccccc1. The smallest absolute Gasteiger partial charge is 0.200 e. The fourth-order valence-corrected chi connectivity index (χ4v) is 3.55. The summed E-state index contributed by atoms with van der Waals surface area (Å²) in [6.07, 6.45) is -9.32. The molecule has 1 aliphatic rings. The van der Waals surface area contributed by atoms with Gasteiger partial charge < -0.3 is 30.6 Å². The zero-order chi connectivity index (χ0) is 20.7. The molecule has 0 bridgehead atoms. The van der Waals surface area contributed by atoms with Crippen LogP contribution in [0.25, 0.3) is 0 Å². The monoisotopic (exact) mass is 388 g/mol. The van der Waals surface area contributed by atoms with E-state index in [0.717, 1.165) is 0 Å². The summed E-state index contributed by atoms with van der Waals surface area (Å²) in [4.78, 5) is 26.1. The van der Waals surface area contributed by atoms with Gasteiger partial charge in [0.15, 0.2) is 11.2 Å². The fourth-order valence-electron chi connectivity index (χ4n) is 3.55. The molecule has 1 saturated carbocycles. The molecule has 0 spiro atoms. The van der Waals surface area contributed by atoms with E-state index in [1.807, 2.05) is 0 Å². The van der Waals surface area contributed by atoms with Gasteiger partial charge in [-0.3, -0.25) is 9.59 Å². The molecule has 6 atom stereocenters. The molecule has 148 valence electrons. The molecule has 28 heavy (non-hydrogen) atoms. The molecule has 0 unspecified atom stereocenters. The van der Waals surface area contributed by atoms with Crippen LogP contribution in [0.2, 0.25) is 0 Å². The van der Waals surface area contributed by atoms with Gasteiger partial charge in [0.05, 0.1) is 0 Å². The van der Waals surface area contributed by atoms with E-state index in [1.165, 1.54) is 48.5 Å². The zero-order valence-corrected chi connectivity index (χ0v) is 14.6. The Hall–Kier alpha value is -2.46. The first-order valence-corrected chi connectivity index (χ1v) is 8.54. The van der Waals surface area contributed by atoms with Gasteiger partial charge in [0.25, 0.3) is 0 Å². The van der Waals surface area contributed by atoms with Crippen molar-refractivity contribution < 1.29 is 40.2 Å². The molecular weight excluding hydrogens is 368 g/mol. The summed E-state index contributed by atoms with van der Waals surface area (Å²) < 4.78 is 0. The molecule has 2 aromatic carbocycles. The van der Waals surface area contributed by atoms with Crippen LogP contribution in [0.5, 0.6) is 0 Å². The van der Waals surface area contributed by atoms with Crippen molar-refractivity contribution >= 4 is 11.6 Å². The fraction of sp³-hybridized carbons (Fsp3) is 0.300. The van der Waals surface area contributed by atoms with Gasteiger partial charge in [-0.2, -0.15) is 0 Å². The number of carbonyl (C=O) groups excluding carboxylic acids is 2. The number of aliphatic hydroxyl groups is 6. The molecular formula is C20H20O8. The van der Waals surface area contributed by atoms with Crippen LogP contribution >= 0.6 is 0 Å². The molecule has 8 nitrogen and oxygen atoms in total. The van der Waals surface area contributed by atoms with Gasteiger partial charge in [-0.05, 0) is 0 Å². The molecule has 0 aliphatic heterocycles. The number of hydrogen-bond donors (Lipinski definition) is 6. The van der Waals surface area contributed by atoms with E-state index in [-0.39, 0.29) is 11.1 Å². The molecule has 6 N–H and O–H groups in total. The number of aliphatic hydroxyl groups excluding tert-OH is 4.